The number of carbonyl (C=O) groups excluding carboxylic acids is 1. The predicted molar refractivity (Wildman–Crippen MR) is 61.0 cm³/mol. The monoisotopic (exact) mass is 231 g/mol. The summed E-state index contributed by atoms with van der Waals surface area (Å²) in [4.78, 5) is 11.8. The lowest BCUT2D eigenvalue weighted by Gasteiger charge is -2.00. The van der Waals surface area contributed by atoms with Crippen molar-refractivity contribution in [3.05, 3.63) is 34.0 Å². The van der Waals surface area contributed by atoms with Crippen LogP contribution in [0.15, 0.2) is 12.3 Å². The lowest BCUT2D eigenvalue weighted by molar-refractivity contribution is 0.112. The summed E-state index contributed by atoms with van der Waals surface area (Å²) in [7, 11) is 0. The lowest BCUT2D eigenvalue weighted by atomic mass is 10.3. The van der Waals surface area contributed by atoms with E-state index in [1.807, 2.05) is 19.9 Å². The van der Waals surface area contributed by atoms with Gasteiger partial charge in [-0.2, -0.15) is 10.4 Å². The Morgan fingerprint density at radius 2 is 2.31 bits per heavy atom. The molecule has 5 heteroatoms. The van der Waals surface area contributed by atoms with E-state index in [0.717, 1.165) is 21.9 Å². The molecule has 0 radical (unpaired) electrons. The van der Waals surface area contributed by atoms with Gasteiger partial charge >= 0.3 is 0 Å². The molecule has 2 aromatic heterocycles. The molecular weight excluding hydrogens is 222 g/mol. The fourth-order valence-corrected chi connectivity index (χ4v) is 2.45. The summed E-state index contributed by atoms with van der Waals surface area (Å²) >= 11 is 1.49. The Balaban J connectivity index is 2.63. The molecule has 2 heterocycles. The third-order valence-corrected chi connectivity index (χ3v) is 3.35. The summed E-state index contributed by atoms with van der Waals surface area (Å²) in [6, 6.07) is 3.95. The minimum Gasteiger partial charge on any atom is -0.298 e. The Morgan fingerprint density at radius 1 is 1.56 bits per heavy atom. The van der Waals surface area contributed by atoms with Crippen LogP contribution in [0.5, 0.6) is 0 Å². The van der Waals surface area contributed by atoms with Crippen molar-refractivity contribution in [3.63, 3.8) is 0 Å². The van der Waals surface area contributed by atoms with Crippen molar-refractivity contribution in [2.45, 2.75) is 13.8 Å². The highest BCUT2D eigenvalue weighted by molar-refractivity contribution is 7.14. The van der Waals surface area contributed by atoms with E-state index in [4.69, 9.17) is 5.26 Å². The third-order valence-electron chi connectivity index (χ3n) is 2.32. The molecule has 0 unspecified atom stereocenters. The maximum atomic E-state index is 10.7. The van der Waals surface area contributed by atoms with E-state index in [-0.39, 0.29) is 0 Å². The summed E-state index contributed by atoms with van der Waals surface area (Å²) in [5.41, 5.74) is 1.90. The largest absolute Gasteiger partial charge is 0.298 e. The van der Waals surface area contributed by atoms with Gasteiger partial charge < -0.3 is 0 Å². The van der Waals surface area contributed by atoms with Crippen LogP contribution in [0, 0.1) is 25.2 Å². The molecule has 0 aliphatic carbocycles. The molecule has 0 aromatic carbocycles. The van der Waals surface area contributed by atoms with Crippen LogP contribution >= 0.6 is 11.3 Å². The standard InChI is InChI=1S/C11H9N3OS/c1-7-3-9(4-12)11(16-7)14-8(2)10(6-15)5-13-14/h3,5-6H,1-2H3. The zero-order valence-corrected chi connectivity index (χ0v) is 9.71. The van der Waals surface area contributed by atoms with Crippen LogP contribution in [-0.4, -0.2) is 16.1 Å². The lowest BCUT2D eigenvalue weighted by Crippen LogP contribution is -1.98. The van der Waals surface area contributed by atoms with Crippen molar-refractivity contribution in [1.82, 2.24) is 9.78 Å². The first-order chi connectivity index (χ1) is 7.67. The van der Waals surface area contributed by atoms with Gasteiger partial charge in [0, 0.05) is 4.88 Å². The molecule has 0 aliphatic heterocycles. The van der Waals surface area contributed by atoms with Crippen molar-refractivity contribution >= 4 is 17.6 Å². The fourth-order valence-electron chi connectivity index (χ4n) is 1.48. The number of hydrogen-bond acceptors (Lipinski definition) is 4. The van der Waals surface area contributed by atoms with Crippen LogP contribution < -0.4 is 0 Å². The molecule has 0 N–H and O–H groups in total. The number of carbonyl (C=O) groups is 1. The van der Waals surface area contributed by atoms with Crippen molar-refractivity contribution in [2.75, 3.05) is 0 Å². The van der Waals surface area contributed by atoms with Crippen molar-refractivity contribution in [2.24, 2.45) is 0 Å². The maximum Gasteiger partial charge on any atom is 0.153 e. The quantitative estimate of drug-likeness (QED) is 0.745. The van der Waals surface area contributed by atoms with Crippen LogP contribution in [0.1, 0.15) is 26.5 Å². The molecule has 0 bridgehead atoms. The van der Waals surface area contributed by atoms with E-state index in [1.165, 1.54) is 17.5 Å². The Kier molecular flexibility index (Phi) is 2.59. The Hall–Kier alpha value is -1.93. The van der Waals surface area contributed by atoms with Crippen LogP contribution in [-0.2, 0) is 0 Å². The van der Waals surface area contributed by atoms with E-state index < -0.39 is 0 Å². The fraction of sp³-hybridized carbons (Fsp3) is 0.182. The van der Waals surface area contributed by atoms with Gasteiger partial charge in [-0.05, 0) is 19.9 Å². The number of thiophene rings is 1. The molecule has 0 saturated heterocycles. The molecule has 0 fully saturated rings. The molecule has 0 atom stereocenters. The Labute approximate surface area is 96.7 Å². The van der Waals surface area contributed by atoms with Gasteiger partial charge in [-0.3, -0.25) is 4.79 Å². The third kappa shape index (κ3) is 1.53. The van der Waals surface area contributed by atoms with Gasteiger partial charge in [0.1, 0.15) is 11.1 Å². The van der Waals surface area contributed by atoms with Crippen molar-refractivity contribution < 1.29 is 4.79 Å². The zero-order chi connectivity index (χ0) is 11.7. The van der Waals surface area contributed by atoms with Gasteiger partial charge in [0.2, 0.25) is 0 Å². The van der Waals surface area contributed by atoms with Crippen LogP contribution in [0.3, 0.4) is 0 Å². The number of nitriles is 1. The molecule has 4 nitrogen and oxygen atoms in total. The van der Waals surface area contributed by atoms with Gasteiger partial charge in [-0.15, -0.1) is 11.3 Å². The molecule has 0 spiro atoms. The summed E-state index contributed by atoms with van der Waals surface area (Å²) < 4.78 is 1.64. The second-order valence-electron chi connectivity index (χ2n) is 3.40. The maximum absolute atomic E-state index is 10.7. The van der Waals surface area contributed by atoms with Crippen LogP contribution in [0.25, 0.3) is 5.00 Å². The molecule has 0 amide bonds. The summed E-state index contributed by atoms with van der Waals surface area (Å²) in [6.45, 7) is 3.75. The van der Waals surface area contributed by atoms with E-state index in [2.05, 4.69) is 11.2 Å². The first kappa shape index (κ1) is 10.6. The minimum absolute atomic E-state index is 0.551. The average molecular weight is 231 g/mol. The topological polar surface area (TPSA) is 58.7 Å². The Morgan fingerprint density at radius 3 is 2.88 bits per heavy atom. The number of aromatic nitrogens is 2. The number of rotatable bonds is 2. The molecule has 0 aliphatic rings. The number of aldehydes is 1. The van der Waals surface area contributed by atoms with E-state index in [0.29, 0.717) is 11.1 Å². The van der Waals surface area contributed by atoms with Crippen molar-refractivity contribution in [1.29, 1.82) is 5.26 Å². The number of nitrogens with zero attached hydrogens (tertiary/aromatic N) is 3. The molecule has 2 rings (SSSR count). The van der Waals surface area contributed by atoms with E-state index in [9.17, 15) is 4.79 Å². The summed E-state index contributed by atoms with van der Waals surface area (Å²) in [6.07, 6.45) is 2.28. The SMILES string of the molecule is Cc1cc(C#N)c(-n2ncc(C=O)c2C)s1. The highest BCUT2D eigenvalue weighted by Crippen LogP contribution is 2.26. The highest BCUT2D eigenvalue weighted by Gasteiger charge is 2.13. The van der Waals surface area contributed by atoms with Gasteiger partial charge in [0.25, 0.3) is 0 Å². The van der Waals surface area contributed by atoms with Gasteiger partial charge in [0.15, 0.2) is 6.29 Å². The van der Waals surface area contributed by atoms with Gasteiger partial charge in [-0.25, -0.2) is 4.68 Å². The number of hydrogen-bond donors (Lipinski definition) is 0. The molecule has 16 heavy (non-hydrogen) atoms. The highest BCUT2D eigenvalue weighted by atomic mass is 32.1. The van der Waals surface area contributed by atoms with Crippen LogP contribution in [0.2, 0.25) is 0 Å². The predicted octanol–water partition coefficient (Wildman–Crippen LogP) is 2.23. The minimum atomic E-state index is 0.551. The zero-order valence-electron chi connectivity index (χ0n) is 8.89. The normalized spacial score (nSPS) is 10.1. The average Bonchev–Trinajstić information content (AvgIpc) is 2.81. The second kappa shape index (κ2) is 3.91. The second-order valence-corrected chi connectivity index (χ2v) is 4.64. The first-order valence-corrected chi connectivity index (χ1v) is 5.49. The molecular formula is C11H9N3OS. The van der Waals surface area contributed by atoms with E-state index >= 15 is 0 Å². The van der Waals surface area contributed by atoms with Gasteiger partial charge in [0.05, 0.1) is 23.0 Å². The van der Waals surface area contributed by atoms with Crippen LogP contribution in [0.4, 0.5) is 0 Å². The smallest absolute Gasteiger partial charge is 0.153 e. The first-order valence-electron chi connectivity index (χ1n) is 4.68. The summed E-state index contributed by atoms with van der Waals surface area (Å²) in [5, 5.41) is 13.9. The molecule has 2 aromatic rings. The molecule has 0 saturated carbocycles. The van der Waals surface area contributed by atoms with Gasteiger partial charge in [-0.1, -0.05) is 0 Å². The number of aryl methyl sites for hydroxylation is 1. The van der Waals surface area contributed by atoms with Crippen molar-refractivity contribution in [3.8, 4) is 11.1 Å². The van der Waals surface area contributed by atoms with E-state index in [1.54, 1.807) is 4.68 Å². The summed E-state index contributed by atoms with van der Waals surface area (Å²) in [5.74, 6) is 0. The Bertz CT molecular complexity index is 589. The molecule has 80 valence electrons.